The van der Waals surface area contributed by atoms with E-state index in [1.807, 2.05) is 6.07 Å². The average Bonchev–Trinajstić information content (AvgIpc) is 2.56. The highest BCUT2D eigenvalue weighted by Gasteiger charge is 2.52. The van der Waals surface area contributed by atoms with E-state index in [4.69, 9.17) is 10.00 Å². The topological polar surface area (TPSA) is 84.2 Å². The summed E-state index contributed by atoms with van der Waals surface area (Å²) >= 11 is 0. The summed E-state index contributed by atoms with van der Waals surface area (Å²) in [5.74, 6) is -0.696. The third-order valence-electron chi connectivity index (χ3n) is 3.03. The smallest absolute Gasteiger partial charge is 0.330 e. The zero-order chi connectivity index (χ0) is 13.3. The van der Waals surface area contributed by atoms with Crippen molar-refractivity contribution < 1.29 is 17.9 Å². The Morgan fingerprint density at radius 3 is 2.65 bits per heavy atom. The summed E-state index contributed by atoms with van der Waals surface area (Å²) in [5, 5.41) is 8.44. The predicted molar refractivity (Wildman–Crippen MR) is 61.7 cm³/mol. The highest BCUT2D eigenvalue weighted by Crippen LogP contribution is 2.45. The van der Waals surface area contributed by atoms with Crippen molar-refractivity contribution in [2.45, 2.75) is 25.0 Å². The Balaban J connectivity index is 3.09. The molecule has 0 radical (unpaired) electrons. The standard InChI is InChI=1S/C11H15NO4S/c1-4-16-10(13)11(7-12)6-9(5-8(11)2)17(3,14)15/h9H,2,4-6H2,1,3H3/t9-,11-/m1/s1. The molecule has 0 heterocycles. The van der Waals surface area contributed by atoms with Gasteiger partial charge in [-0.1, -0.05) is 6.58 Å². The van der Waals surface area contributed by atoms with Crippen LogP contribution in [0.1, 0.15) is 19.8 Å². The monoisotopic (exact) mass is 257 g/mol. The predicted octanol–water partition coefficient (Wildman–Crippen LogP) is 0.823. The van der Waals surface area contributed by atoms with Crippen LogP contribution in [0.15, 0.2) is 12.2 Å². The molecule has 0 aliphatic heterocycles. The Hall–Kier alpha value is -1.35. The largest absolute Gasteiger partial charge is 0.465 e. The number of carbonyl (C=O) groups excluding carboxylic acids is 1. The summed E-state index contributed by atoms with van der Waals surface area (Å²) in [6, 6.07) is 1.88. The Kier molecular flexibility index (Phi) is 3.62. The van der Waals surface area contributed by atoms with Gasteiger partial charge in [-0.15, -0.1) is 0 Å². The van der Waals surface area contributed by atoms with Gasteiger partial charge in [-0.05, 0) is 25.3 Å². The van der Waals surface area contributed by atoms with Crippen molar-refractivity contribution in [1.82, 2.24) is 0 Å². The van der Waals surface area contributed by atoms with Crippen LogP contribution in [0, 0.1) is 16.7 Å². The molecule has 1 fully saturated rings. The summed E-state index contributed by atoms with van der Waals surface area (Å²) in [4.78, 5) is 11.8. The minimum atomic E-state index is -3.28. The first-order valence-corrected chi connectivity index (χ1v) is 7.19. The second kappa shape index (κ2) is 4.49. The van der Waals surface area contributed by atoms with Crippen LogP contribution >= 0.6 is 0 Å². The highest BCUT2D eigenvalue weighted by molar-refractivity contribution is 7.91. The fourth-order valence-corrected chi connectivity index (χ4v) is 3.02. The molecule has 0 aromatic rings. The van der Waals surface area contributed by atoms with E-state index >= 15 is 0 Å². The number of carbonyl (C=O) groups is 1. The molecule has 1 aliphatic rings. The number of rotatable bonds is 3. The van der Waals surface area contributed by atoms with E-state index < -0.39 is 26.5 Å². The molecular weight excluding hydrogens is 242 g/mol. The average molecular weight is 257 g/mol. The summed E-state index contributed by atoms with van der Waals surface area (Å²) in [7, 11) is -3.28. The van der Waals surface area contributed by atoms with Crippen LogP contribution in [-0.2, 0) is 19.4 Å². The number of nitriles is 1. The van der Waals surface area contributed by atoms with Crippen LogP contribution < -0.4 is 0 Å². The highest BCUT2D eigenvalue weighted by atomic mass is 32.2. The zero-order valence-corrected chi connectivity index (χ0v) is 10.7. The fraction of sp³-hybridized carbons (Fsp3) is 0.636. The Labute approximate surface area is 101 Å². The quantitative estimate of drug-likeness (QED) is 0.552. The van der Waals surface area contributed by atoms with Gasteiger partial charge in [0.05, 0.1) is 17.9 Å². The lowest BCUT2D eigenvalue weighted by atomic mass is 9.85. The van der Waals surface area contributed by atoms with Gasteiger partial charge in [0.25, 0.3) is 0 Å². The molecule has 94 valence electrons. The molecule has 0 bridgehead atoms. The van der Waals surface area contributed by atoms with Gasteiger partial charge in [0.2, 0.25) is 0 Å². The molecule has 0 aromatic carbocycles. The molecule has 17 heavy (non-hydrogen) atoms. The van der Waals surface area contributed by atoms with Gasteiger partial charge in [-0.25, -0.2) is 13.2 Å². The first-order chi connectivity index (χ1) is 7.78. The van der Waals surface area contributed by atoms with Crippen molar-refractivity contribution in [3.63, 3.8) is 0 Å². The number of sulfone groups is 1. The molecule has 1 aliphatic carbocycles. The van der Waals surface area contributed by atoms with E-state index in [9.17, 15) is 13.2 Å². The summed E-state index contributed by atoms with van der Waals surface area (Å²) in [6.45, 7) is 5.44. The molecule has 0 N–H and O–H groups in total. The SMILES string of the molecule is C=C1C[C@@H](S(C)(=O)=O)C[C@]1(C#N)C(=O)OCC. The summed E-state index contributed by atoms with van der Waals surface area (Å²) in [5.41, 5.74) is -1.17. The Bertz CT molecular complexity index is 488. The van der Waals surface area contributed by atoms with E-state index in [1.165, 1.54) is 0 Å². The van der Waals surface area contributed by atoms with Crippen molar-refractivity contribution in [2.24, 2.45) is 5.41 Å². The van der Waals surface area contributed by atoms with Crippen molar-refractivity contribution >= 4 is 15.8 Å². The van der Waals surface area contributed by atoms with Crippen molar-refractivity contribution in [2.75, 3.05) is 12.9 Å². The third-order valence-corrected chi connectivity index (χ3v) is 4.58. The molecule has 0 saturated heterocycles. The number of esters is 1. The Morgan fingerprint density at radius 2 is 2.29 bits per heavy atom. The van der Waals surface area contributed by atoms with E-state index in [1.54, 1.807) is 6.92 Å². The van der Waals surface area contributed by atoms with Gasteiger partial charge in [-0.2, -0.15) is 5.26 Å². The first kappa shape index (κ1) is 13.7. The second-order valence-corrected chi connectivity index (χ2v) is 6.53. The third kappa shape index (κ3) is 2.34. The lowest BCUT2D eigenvalue weighted by Crippen LogP contribution is -2.31. The molecular formula is C11H15NO4S. The maximum Gasteiger partial charge on any atom is 0.330 e. The van der Waals surface area contributed by atoms with Gasteiger partial charge < -0.3 is 4.74 Å². The fourth-order valence-electron chi connectivity index (χ4n) is 1.96. The van der Waals surface area contributed by atoms with Crippen LogP contribution in [-0.4, -0.2) is 32.5 Å². The van der Waals surface area contributed by atoms with Gasteiger partial charge in [0.15, 0.2) is 15.3 Å². The molecule has 0 aromatic heterocycles. The van der Waals surface area contributed by atoms with Crippen LogP contribution in [0.4, 0.5) is 0 Å². The van der Waals surface area contributed by atoms with E-state index in [0.29, 0.717) is 5.57 Å². The maximum atomic E-state index is 11.8. The minimum absolute atomic E-state index is 0.0556. The van der Waals surface area contributed by atoms with Gasteiger partial charge in [-0.3, -0.25) is 0 Å². The van der Waals surface area contributed by atoms with Gasteiger partial charge >= 0.3 is 5.97 Å². The first-order valence-electron chi connectivity index (χ1n) is 5.23. The molecule has 6 heteroatoms. The second-order valence-electron chi connectivity index (χ2n) is 4.20. The lowest BCUT2D eigenvalue weighted by molar-refractivity contribution is -0.149. The molecule has 2 atom stereocenters. The lowest BCUT2D eigenvalue weighted by Gasteiger charge is -2.19. The van der Waals surface area contributed by atoms with Crippen molar-refractivity contribution in [1.29, 1.82) is 5.26 Å². The van der Waals surface area contributed by atoms with Crippen LogP contribution in [0.3, 0.4) is 0 Å². The van der Waals surface area contributed by atoms with Gasteiger partial charge in [0.1, 0.15) is 0 Å². The van der Waals surface area contributed by atoms with Crippen LogP contribution in [0.2, 0.25) is 0 Å². The zero-order valence-electron chi connectivity index (χ0n) is 9.89. The van der Waals surface area contributed by atoms with Crippen LogP contribution in [0.5, 0.6) is 0 Å². The van der Waals surface area contributed by atoms with Crippen molar-refractivity contribution in [3.8, 4) is 6.07 Å². The van der Waals surface area contributed by atoms with E-state index in [0.717, 1.165) is 6.26 Å². The van der Waals surface area contributed by atoms with Gasteiger partial charge in [0, 0.05) is 6.26 Å². The number of nitrogens with zero attached hydrogens (tertiary/aromatic N) is 1. The number of ether oxygens (including phenoxy) is 1. The maximum absolute atomic E-state index is 11.8. The normalized spacial score (nSPS) is 28.8. The summed E-state index contributed by atoms with van der Waals surface area (Å²) in [6.07, 6.45) is 1.19. The molecule has 1 saturated carbocycles. The molecule has 0 unspecified atom stereocenters. The molecule has 0 spiro atoms. The molecule has 1 rings (SSSR count). The van der Waals surface area contributed by atoms with E-state index in [2.05, 4.69) is 6.58 Å². The number of hydrogen-bond donors (Lipinski definition) is 0. The van der Waals surface area contributed by atoms with Crippen LogP contribution in [0.25, 0.3) is 0 Å². The Morgan fingerprint density at radius 1 is 1.71 bits per heavy atom. The summed E-state index contributed by atoms with van der Waals surface area (Å²) < 4.78 is 27.8. The van der Waals surface area contributed by atoms with Crippen molar-refractivity contribution in [3.05, 3.63) is 12.2 Å². The van der Waals surface area contributed by atoms with E-state index in [-0.39, 0.29) is 19.4 Å². The molecule has 5 nitrogen and oxygen atoms in total. The minimum Gasteiger partial charge on any atom is -0.465 e. The molecule has 0 amide bonds. The number of hydrogen-bond acceptors (Lipinski definition) is 5.